The number of hydrogen-bond acceptors (Lipinski definition) is 3. The lowest BCUT2D eigenvalue weighted by Gasteiger charge is -2.04. The molecular weight excluding hydrogens is 231 g/mol. The summed E-state index contributed by atoms with van der Waals surface area (Å²) in [5, 5.41) is 9.53. The molecule has 1 heterocycles. The molecule has 5 heteroatoms. The molecule has 0 radical (unpaired) electrons. The van der Waals surface area contributed by atoms with E-state index in [1.54, 1.807) is 18.2 Å². The van der Waals surface area contributed by atoms with Gasteiger partial charge in [0.25, 0.3) is 0 Å². The second-order valence-electron chi connectivity index (χ2n) is 3.19. The highest BCUT2D eigenvalue weighted by Crippen LogP contribution is 2.22. The number of nitrogens with zero attached hydrogens (tertiary/aromatic N) is 2. The summed E-state index contributed by atoms with van der Waals surface area (Å²) in [5.41, 5.74) is 1.28. The standard InChI is InChI=1S/C11H8ClFN2O/c12-10-2-1-7(3-8(10)6-16)11-14-4-9(13)5-15-11/h1-5,16H,6H2. The second-order valence-corrected chi connectivity index (χ2v) is 3.60. The highest BCUT2D eigenvalue weighted by Gasteiger charge is 2.05. The molecule has 1 aromatic carbocycles. The fourth-order valence-corrected chi connectivity index (χ4v) is 1.47. The monoisotopic (exact) mass is 238 g/mol. The van der Waals surface area contributed by atoms with Gasteiger partial charge in [0, 0.05) is 10.6 Å². The Morgan fingerprint density at radius 2 is 1.94 bits per heavy atom. The Morgan fingerprint density at radius 1 is 1.25 bits per heavy atom. The van der Waals surface area contributed by atoms with E-state index in [2.05, 4.69) is 9.97 Å². The molecule has 1 N–H and O–H groups in total. The Labute approximate surface area is 96.6 Å². The van der Waals surface area contributed by atoms with Gasteiger partial charge < -0.3 is 5.11 Å². The quantitative estimate of drug-likeness (QED) is 0.874. The van der Waals surface area contributed by atoms with Crippen LogP contribution in [0.1, 0.15) is 5.56 Å². The Kier molecular flexibility index (Phi) is 3.12. The number of aromatic nitrogens is 2. The highest BCUT2D eigenvalue weighted by atomic mass is 35.5. The summed E-state index contributed by atoms with van der Waals surface area (Å²) in [5.74, 6) is -0.0899. The fourth-order valence-electron chi connectivity index (χ4n) is 1.30. The van der Waals surface area contributed by atoms with Gasteiger partial charge in [-0.25, -0.2) is 14.4 Å². The van der Waals surface area contributed by atoms with E-state index in [9.17, 15) is 4.39 Å². The van der Waals surface area contributed by atoms with Gasteiger partial charge in [0.2, 0.25) is 0 Å². The minimum absolute atomic E-state index is 0.159. The van der Waals surface area contributed by atoms with Gasteiger partial charge in [-0.1, -0.05) is 11.6 Å². The average molecular weight is 239 g/mol. The van der Waals surface area contributed by atoms with Crippen LogP contribution in [-0.4, -0.2) is 15.1 Å². The first-order valence-corrected chi connectivity index (χ1v) is 4.95. The van der Waals surface area contributed by atoms with Crippen LogP contribution in [0.3, 0.4) is 0 Å². The number of halogens is 2. The summed E-state index contributed by atoms with van der Waals surface area (Å²) in [4.78, 5) is 7.69. The summed E-state index contributed by atoms with van der Waals surface area (Å²) in [7, 11) is 0. The van der Waals surface area contributed by atoms with Crippen LogP contribution in [0.4, 0.5) is 4.39 Å². The van der Waals surface area contributed by atoms with Crippen molar-refractivity contribution < 1.29 is 9.50 Å². The molecular formula is C11H8ClFN2O. The third kappa shape index (κ3) is 2.18. The summed E-state index contributed by atoms with van der Waals surface area (Å²) in [6.07, 6.45) is 2.19. The van der Waals surface area contributed by atoms with E-state index >= 15 is 0 Å². The predicted octanol–water partition coefficient (Wildman–Crippen LogP) is 2.43. The van der Waals surface area contributed by atoms with Crippen molar-refractivity contribution in [2.45, 2.75) is 6.61 Å². The number of hydrogen-bond donors (Lipinski definition) is 1. The molecule has 3 nitrogen and oxygen atoms in total. The Morgan fingerprint density at radius 3 is 2.56 bits per heavy atom. The van der Waals surface area contributed by atoms with Crippen LogP contribution in [0, 0.1) is 5.82 Å². The Balaban J connectivity index is 2.44. The average Bonchev–Trinajstić information content (AvgIpc) is 2.31. The molecule has 0 bridgehead atoms. The lowest BCUT2D eigenvalue weighted by atomic mass is 10.1. The first-order chi connectivity index (χ1) is 7.70. The molecule has 2 rings (SSSR count). The maximum absolute atomic E-state index is 12.6. The molecule has 16 heavy (non-hydrogen) atoms. The largest absolute Gasteiger partial charge is 0.392 e. The smallest absolute Gasteiger partial charge is 0.159 e. The van der Waals surface area contributed by atoms with Gasteiger partial charge in [-0.3, -0.25) is 0 Å². The second kappa shape index (κ2) is 4.55. The van der Waals surface area contributed by atoms with Gasteiger partial charge in [0.05, 0.1) is 19.0 Å². The minimum atomic E-state index is -0.486. The SMILES string of the molecule is OCc1cc(-c2ncc(F)cn2)ccc1Cl. The first-order valence-electron chi connectivity index (χ1n) is 4.58. The number of aliphatic hydroxyl groups excluding tert-OH is 1. The fraction of sp³-hybridized carbons (Fsp3) is 0.0909. The molecule has 82 valence electrons. The third-order valence-corrected chi connectivity index (χ3v) is 2.46. The van der Waals surface area contributed by atoms with Crippen molar-refractivity contribution in [3.63, 3.8) is 0 Å². The van der Waals surface area contributed by atoms with E-state index < -0.39 is 5.82 Å². The topological polar surface area (TPSA) is 46.0 Å². The lowest BCUT2D eigenvalue weighted by Crippen LogP contribution is -1.92. The van der Waals surface area contributed by atoms with Crippen molar-refractivity contribution in [2.75, 3.05) is 0 Å². The highest BCUT2D eigenvalue weighted by molar-refractivity contribution is 6.31. The van der Waals surface area contributed by atoms with Crippen molar-refractivity contribution in [2.24, 2.45) is 0 Å². The van der Waals surface area contributed by atoms with Gasteiger partial charge in [-0.05, 0) is 23.8 Å². The number of benzene rings is 1. The molecule has 0 saturated carbocycles. The van der Waals surface area contributed by atoms with E-state index in [1.807, 2.05) is 0 Å². The van der Waals surface area contributed by atoms with Gasteiger partial charge in [0.1, 0.15) is 0 Å². The molecule has 2 aromatic rings. The lowest BCUT2D eigenvalue weighted by molar-refractivity contribution is 0.282. The number of rotatable bonds is 2. The van der Waals surface area contributed by atoms with Crippen LogP contribution in [0.25, 0.3) is 11.4 Å². The third-order valence-electron chi connectivity index (χ3n) is 2.09. The van der Waals surface area contributed by atoms with Crippen LogP contribution in [0.15, 0.2) is 30.6 Å². The molecule has 0 atom stereocenters. The summed E-state index contributed by atoms with van der Waals surface area (Å²) in [6.45, 7) is -0.159. The van der Waals surface area contributed by atoms with E-state index in [-0.39, 0.29) is 6.61 Å². The van der Waals surface area contributed by atoms with Crippen LogP contribution in [-0.2, 0) is 6.61 Å². The van der Waals surface area contributed by atoms with Gasteiger partial charge in [0.15, 0.2) is 11.6 Å². The van der Waals surface area contributed by atoms with Gasteiger partial charge in [-0.2, -0.15) is 0 Å². The maximum Gasteiger partial charge on any atom is 0.159 e. The van der Waals surface area contributed by atoms with Crippen molar-refractivity contribution >= 4 is 11.6 Å². The van der Waals surface area contributed by atoms with Crippen LogP contribution < -0.4 is 0 Å². The predicted molar refractivity (Wildman–Crippen MR) is 58.4 cm³/mol. The minimum Gasteiger partial charge on any atom is -0.392 e. The van der Waals surface area contributed by atoms with Crippen molar-refractivity contribution in [1.82, 2.24) is 9.97 Å². The number of aliphatic hydroxyl groups is 1. The van der Waals surface area contributed by atoms with Crippen LogP contribution in [0.5, 0.6) is 0 Å². The zero-order chi connectivity index (χ0) is 11.5. The van der Waals surface area contributed by atoms with E-state index in [0.717, 1.165) is 12.4 Å². The molecule has 0 spiro atoms. The molecule has 0 saturated heterocycles. The van der Waals surface area contributed by atoms with Gasteiger partial charge >= 0.3 is 0 Å². The zero-order valence-corrected chi connectivity index (χ0v) is 8.95. The maximum atomic E-state index is 12.6. The molecule has 0 aliphatic rings. The Hall–Kier alpha value is -1.52. The molecule has 0 fully saturated rings. The van der Waals surface area contributed by atoms with Crippen molar-refractivity contribution in [3.05, 3.63) is 47.0 Å². The van der Waals surface area contributed by atoms with E-state index in [4.69, 9.17) is 16.7 Å². The van der Waals surface area contributed by atoms with E-state index in [0.29, 0.717) is 22.0 Å². The van der Waals surface area contributed by atoms with Crippen molar-refractivity contribution in [1.29, 1.82) is 0 Å². The molecule has 0 amide bonds. The van der Waals surface area contributed by atoms with Crippen LogP contribution in [0.2, 0.25) is 5.02 Å². The summed E-state index contributed by atoms with van der Waals surface area (Å²) >= 11 is 5.85. The summed E-state index contributed by atoms with van der Waals surface area (Å²) in [6, 6.07) is 5.04. The molecule has 0 aliphatic heterocycles. The zero-order valence-electron chi connectivity index (χ0n) is 8.19. The first kappa shape index (κ1) is 11.0. The molecule has 1 aromatic heterocycles. The van der Waals surface area contributed by atoms with Crippen LogP contribution >= 0.6 is 11.6 Å². The van der Waals surface area contributed by atoms with Crippen molar-refractivity contribution in [3.8, 4) is 11.4 Å². The molecule has 0 aliphatic carbocycles. The summed E-state index contributed by atoms with van der Waals surface area (Å²) < 4.78 is 12.6. The van der Waals surface area contributed by atoms with E-state index in [1.165, 1.54) is 0 Å². The Bertz CT molecular complexity index is 502. The molecule has 0 unspecified atom stereocenters. The van der Waals surface area contributed by atoms with Gasteiger partial charge in [-0.15, -0.1) is 0 Å². The normalized spacial score (nSPS) is 10.4.